The quantitative estimate of drug-likeness (QED) is 0.326. The van der Waals surface area contributed by atoms with E-state index < -0.39 is 19.9 Å². The van der Waals surface area contributed by atoms with Gasteiger partial charge < -0.3 is 4.74 Å². The summed E-state index contributed by atoms with van der Waals surface area (Å²) in [5.41, 5.74) is -1.49. The van der Waals surface area contributed by atoms with E-state index in [4.69, 9.17) is 16.3 Å². The monoisotopic (exact) mass is 379 g/mol. The number of hydrogen-bond acceptors (Lipinski definition) is 4. The van der Waals surface area contributed by atoms with Gasteiger partial charge in [-0.05, 0) is 12.1 Å². The van der Waals surface area contributed by atoms with Gasteiger partial charge >= 0.3 is 6.18 Å². The standard InChI is InChI=1S/C14H17ClF3N3O2Si/c1-24(2,3)5-4-23-8-21-13-11(12(20-21)14(16,17)18)9(7-22)6-10(15)19-13/h6-7H,4-5,8H2,1-3H3. The van der Waals surface area contributed by atoms with Crippen molar-refractivity contribution in [3.63, 3.8) is 0 Å². The van der Waals surface area contributed by atoms with Gasteiger partial charge in [-0.15, -0.1) is 0 Å². The van der Waals surface area contributed by atoms with Crippen LogP contribution in [0.15, 0.2) is 6.07 Å². The minimum absolute atomic E-state index is 0.0819. The summed E-state index contributed by atoms with van der Waals surface area (Å²) >= 11 is 5.79. The Morgan fingerprint density at radius 1 is 1.38 bits per heavy atom. The lowest BCUT2D eigenvalue weighted by Gasteiger charge is -2.15. The highest BCUT2D eigenvalue weighted by molar-refractivity contribution is 6.76. The van der Waals surface area contributed by atoms with Gasteiger partial charge in [0.2, 0.25) is 0 Å². The fraction of sp³-hybridized carbons (Fsp3) is 0.500. The number of carbonyl (C=O) groups excluding carboxylic acids is 1. The number of fused-ring (bicyclic) bond motifs is 1. The summed E-state index contributed by atoms with van der Waals surface area (Å²) in [6, 6.07) is 1.95. The van der Waals surface area contributed by atoms with Crippen LogP contribution in [-0.2, 0) is 17.6 Å². The van der Waals surface area contributed by atoms with Gasteiger partial charge in [-0.1, -0.05) is 31.2 Å². The van der Waals surface area contributed by atoms with E-state index in [1.807, 2.05) is 0 Å². The number of rotatable bonds is 6. The number of aldehydes is 1. The van der Waals surface area contributed by atoms with Crippen LogP contribution in [0.2, 0.25) is 30.8 Å². The Labute approximate surface area is 142 Å². The first-order valence-electron chi connectivity index (χ1n) is 7.20. The van der Waals surface area contributed by atoms with Crippen LogP contribution in [0, 0.1) is 0 Å². The maximum Gasteiger partial charge on any atom is 0.435 e. The van der Waals surface area contributed by atoms with Gasteiger partial charge in [0.25, 0.3) is 0 Å². The van der Waals surface area contributed by atoms with E-state index in [-0.39, 0.29) is 28.5 Å². The normalized spacial score (nSPS) is 12.8. The lowest BCUT2D eigenvalue weighted by atomic mass is 10.1. The summed E-state index contributed by atoms with van der Waals surface area (Å²) in [6.07, 6.45) is -4.40. The summed E-state index contributed by atoms with van der Waals surface area (Å²) in [6.45, 7) is 6.72. The molecule has 0 fully saturated rings. The molecular formula is C14H17ClF3N3O2Si. The highest BCUT2D eigenvalue weighted by atomic mass is 35.5. The molecule has 2 heterocycles. The summed E-state index contributed by atoms with van der Waals surface area (Å²) < 4.78 is 46.0. The van der Waals surface area contributed by atoms with Gasteiger partial charge in [0.1, 0.15) is 11.9 Å². The van der Waals surface area contributed by atoms with Crippen LogP contribution >= 0.6 is 11.6 Å². The topological polar surface area (TPSA) is 57.0 Å². The minimum Gasteiger partial charge on any atom is -0.359 e. The van der Waals surface area contributed by atoms with Crippen LogP contribution in [0.4, 0.5) is 13.2 Å². The number of halogens is 4. The van der Waals surface area contributed by atoms with Gasteiger partial charge in [-0.3, -0.25) is 4.79 Å². The molecule has 132 valence electrons. The zero-order valence-electron chi connectivity index (χ0n) is 13.4. The second kappa shape index (κ2) is 6.81. The highest BCUT2D eigenvalue weighted by Gasteiger charge is 2.38. The molecule has 0 unspecified atom stereocenters. The predicted molar refractivity (Wildman–Crippen MR) is 87.0 cm³/mol. The first-order valence-corrected chi connectivity index (χ1v) is 11.3. The molecule has 0 saturated heterocycles. The van der Waals surface area contributed by atoms with Gasteiger partial charge in [-0.2, -0.15) is 18.3 Å². The summed E-state index contributed by atoms with van der Waals surface area (Å²) in [7, 11) is -1.32. The zero-order chi connectivity index (χ0) is 18.1. The second-order valence-corrected chi connectivity index (χ2v) is 12.6. The van der Waals surface area contributed by atoms with Crippen molar-refractivity contribution >= 4 is 37.0 Å². The lowest BCUT2D eigenvalue weighted by Crippen LogP contribution is -2.22. The molecule has 24 heavy (non-hydrogen) atoms. The van der Waals surface area contributed by atoms with Crippen LogP contribution in [0.1, 0.15) is 16.1 Å². The molecule has 10 heteroatoms. The fourth-order valence-corrected chi connectivity index (χ4v) is 3.03. The first-order chi connectivity index (χ1) is 11.0. The molecule has 2 rings (SSSR count). The predicted octanol–water partition coefficient (Wildman–Crippen LogP) is 4.23. The van der Waals surface area contributed by atoms with Crippen LogP contribution in [0.5, 0.6) is 0 Å². The molecule has 0 spiro atoms. The number of aromatic nitrogens is 3. The van der Waals surface area contributed by atoms with Crippen LogP contribution < -0.4 is 0 Å². The highest BCUT2D eigenvalue weighted by Crippen LogP contribution is 2.35. The number of hydrogen-bond donors (Lipinski definition) is 0. The first kappa shape index (κ1) is 18.9. The lowest BCUT2D eigenvalue weighted by molar-refractivity contribution is -0.140. The SMILES string of the molecule is C[Si](C)(C)CCOCn1nc(C(F)(F)F)c2c(C=O)cc(Cl)nc21. The summed E-state index contributed by atoms with van der Waals surface area (Å²) in [5, 5.41) is 3.10. The van der Waals surface area contributed by atoms with Crippen molar-refractivity contribution in [3.8, 4) is 0 Å². The number of alkyl halides is 3. The molecule has 0 aromatic carbocycles. The second-order valence-electron chi connectivity index (χ2n) is 6.54. The average molecular weight is 380 g/mol. The van der Waals surface area contributed by atoms with Crippen LogP contribution in [0.25, 0.3) is 11.0 Å². The third kappa shape index (κ3) is 4.34. The van der Waals surface area contributed by atoms with Crippen molar-refractivity contribution in [2.24, 2.45) is 0 Å². The van der Waals surface area contributed by atoms with Crippen LogP contribution in [-0.4, -0.2) is 35.7 Å². The van der Waals surface area contributed by atoms with Crippen molar-refractivity contribution in [1.29, 1.82) is 0 Å². The Hall–Kier alpha value is -1.45. The molecule has 0 saturated carbocycles. The van der Waals surface area contributed by atoms with E-state index >= 15 is 0 Å². The van der Waals surface area contributed by atoms with E-state index in [0.29, 0.717) is 12.9 Å². The van der Waals surface area contributed by atoms with Gasteiger partial charge in [-0.25, -0.2) is 9.67 Å². The zero-order valence-corrected chi connectivity index (χ0v) is 15.2. The fourth-order valence-electron chi connectivity index (χ4n) is 2.08. The van der Waals surface area contributed by atoms with Crippen molar-refractivity contribution in [2.75, 3.05) is 6.61 Å². The molecule has 2 aromatic heterocycles. The molecule has 0 atom stereocenters. The Balaban J connectivity index is 2.40. The Morgan fingerprint density at radius 3 is 2.58 bits per heavy atom. The van der Waals surface area contributed by atoms with Gasteiger partial charge in [0.15, 0.2) is 17.6 Å². The molecule has 0 N–H and O–H groups in total. The van der Waals surface area contributed by atoms with Crippen molar-refractivity contribution < 1.29 is 22.7 Å². The Kier molecular flexibility index (Phi) is 5.36. The van der Waals surface area contributed by atoms with Gasteiger partial charge in [0.05, 0.1) is 5.39 Å². The average Bonchev–Trinajstić information content (AvgIpc) is 2.80. The third-order valence-electron chi connectivity index (χ3n) is 3.31. The third-order valence-corrected chi connectivity index (χ3v) is 5.20. The van der Waals surface area contributed by atoms with Crippen molar-refractivity contribution in [1.82, 2.24) is 14.8 Å². The molecule has 2 aromatic rings. The molecule has 0 bridgehead atoms. The van der Waals surface area contributed by atoms with Crippen molar-refractivity contribution in [2.45, 2.75) is 38.6 Å². The van der Waals surface area contributed by atoms with E-state index in [1.54, 1.807) is 0 Å². The maximum atomic E-state index is 13.2. The molecule has 0 radical (unpaired) electrons. The largest absolute Gasteiger partial charge is 0.435 e. The van der Waals surface area contributed by atoms with E-state index in [9.17, 15) is 18.0 Å². The van der Waals surface area contributed by atoms with Crippen LogP contribution in [0.3, 0.4) is 0 Å². The Morgan fingerprint density at radius 2 is 2.04 bits per heavy atom. The molecule has 0 aliphatic heterocycles. The number of ether oxygens (including phenoxy) is 1. The summed E-state index contributed by atoms with van der Waals surface area (Å²) in [5.74, 6) is 0. The van der Waals surface area contributed by atoms with E-state index in [1.165, 1.54) is 0 Å². The smallest absolute Gasteiger partial charge is 0.359 e. The molecular weight excluding hydrogens is 363 g/mol. The number of pyridine rings is 1. The number of nitrogens with zero attached hydrogens (tertiary/aromatic N) is 3. The maximum absolute atomic E-state index is 13.2. The minimum atomic E-state index is -4.71. The van der Waals surface area contributed by atoms with E-state index in [2.05, 4.69) is 29.7 Å². The molecule has 5 nitrogen and oxygen atoms in total. The van der Waals surface area contributed by atoms with E-state index in [0.717, 1.165) is 16.8 Å². The number of carbonyl (C=O) groups is 1. The summed E-state index contributed by atoms with van der Waals surface area (Å²) in [4.78, 5) is 15.0. The molecule has 0 aliphatic rings. The molecule has 0 amide bonds. The molecule has 0 aliphatic carbocycles. The van der Waals surface area contributed by atoms with Crippen molar-refractivity contribution in [3.05, 3.63) is 22.5 Å². The van der Waals surface area contributed by atoms with Gasteiger partial charge in [0, 0.05) is 20.2 Å². The Bertz CT molecular complexity index is 756.